The second-order valence-electron chi connectivity index (χ2n) is 7.60. The predicted molar refractivity (Wildman–Crippen MR) is 127 cm³/mol. The molecule has 0 aliphatic carbocycles. The van der Waals surface area contributed by atoms with Crippen molar-refractivity contribution in [2.45, 2.75) is 0 Å². The first kappa shape index (κ1) is 22.4. The molecule has 8 nitrogen and oxygen atoms in total. The van der Waals surface area contributed by atoms with E-state index < -0.39 is 0 Å². The maximum atomic E-state index is 12.7. The Labute approximate surface area is 192 Å². The standard InChI is InChI=1S/C25H26N4O4/c1-32-23-10-8-20(15-22(23)28-24(30)17-29-11-13-33-14-12-29)27-25(31)19-7-9-21(26-16-19)18-5-3-2-4-6-18/h2-10,15-16H,11-14,17H2,1H3,(H,27,31)(H,28,30). The van der Waals surface area contributed by atoms with Gasteiger partial charge in [0.25, 0.3) is 5.91 Å². The van der Waals surface area contributed by atoms with Crippen LogP contribution in [0.25, 0.3) is 11.3 Å². The van der Waals surface area contributed by atoms with Crippen molar-refractivity contribution in [3.63, 3.8) is 0 Å². The van der Waals surface area contributed by atoms with E-state index in [0.29, 0.717) is 35.9 Å². The highest BCUT2D eigenvalue weighted by molar-refractivity contribution is 6.05. The quantitative estimate of drug-likeness (QED) is 0.579. The monoisotopic (exact) mass is 446 g/mol. The van der Waals surface area contributed by atoms with Crippen molar-refractivity contribution in [1.82, 2.24) is 9.88 Å². The van der Waals surface area contributed by atoms with Crippen LogP contribution in [0.4, 0.5) is 11.4 Å². The molecule has 170 valence electrons. The van der Waals surface area contributed by atoms with Gasteiger partial charge in [-0.05, 0) is 30.3 Å². The first-order valence-corrected chi connectivity index (χ1v) is 10.7. The number of ether oxygens (including phenoxy) is 2. The van der Waals surface area contributed by atoms with Gasteiger partial charge >= 0.3 is 0 Å². The van der Waals surface area contributed by atoms with Gasteiger partial charge in [0.05, 0.1) is 43.8 Å². The topological polar surface area (TPSA) is 92.8 Å². The van der Waals surface area contributed by atoms with Crippen LogP contribution in [0.3, 0.4) is 0 Å². The molecule has 0 spiro atoms. The molecule has 0 saturated carbocycles. The first-order valence-electron chi connectivity index (χ1n) is 10.7. The molecule has 1 aliphatic heterocycles. The van der Waals surface area contributed by atoms with E-state index in [1.807, 2.05) is 41.3 Å². The Kier molecular flexibility index (Phi) is 7.29. The van der Waals surface area contributed by atoms with Gasteiger partial charge in [0, 0.05) is 30.5 Å². The van der Waals surface area contributed by atoms with Gasteiger partial charge in [-0.3, -0.25) is 19.5 Å². The van der Waals surface area contributed by atoms with Crippen molar-refractivity contribution in [3.05, 3.63) is 72.4 Å². The number of amides is 2. The number of nitrogens with zero attached hydrogens (tertiary/aromatic N) is 2. The van der Waals surface area contributed by atoms with Gasteiger partial charge < -0.3 is 20.1 Å². The molecule has 1 saturated heterocycles. The van der Waals surface area contributed by atoms with Crippen LogP contribution < -0.4 is 15.4 Å². The van der Waals surface area contributed by atoms with Gasteiger partial charge in [0.2, 0.25) is 5.91 Å². The zero-order valence-electron chi connectivity index (χ0n) is 18.4. The minimum atomic E-state index is -0.294. The average molecular weight is 447 g/mol. The second-order valence-corrected chi connectivity index (χ2v) is 7.60. The zero-order chi connectivity index (χ0) is 23.0. The number of nitrogens with one attached hydrogen (secondary N) is 2. The van der Waals surface area contributed by atoms with Crippen LogP contribution >= 0.6 is 0 Å². The van der Waals surface area contributed by atoms with E-state index in [1.165, 1.54) is 7.11 Å². The third-order valence-electron chi connectivity index (χ3n) is 5.30. The van der Waals surface area contributed by atoms with Gasteiger partial charge in [0.1, 0.15) is 5.75 Å². The lowest BCUT2D eigenvalue weighted by atomic mass is 10.1. The summed E-state index contributed by atoms with van der Waals surface area (Å²) in [5.74, 6) is 0.0643. The van der Waals surface area contributed by atoms with Crippen molar-refractivity contribution in [1.29, 1.82) is 0 Å². The lowest BCUT2D eigenvalue weighted by Crippen LogP contribution is -2.41. The van der Waals surface area contributed by atoms with E-state index in [0.717, 1.165) is 24.3 Å². The fraction of sp³-hybridized carbons (Fsp3) is 0.240. The molecule has 0 bridgehead atoms. The Morgan fingerprint density at radius 2 is 1.82 bits per heavy atom. The summed E-state index contributed by atoms with van der Waals surface area (Å²) in [5, 5.41) is 5.73. The Morgan fingerprint density at radius 3 is 2.52 bits per heavy atom. The number of anilines is 2. The average Bonchev–Trinajstić information content (AvgIpc) is 2.85. The molecule has 1 aliphatic rings. The SMILES string of the molecule is COc1ccc(NC(=O)c2ccc(-c3ccccc3)nc2)cc1NC(=O)CN1CCOCC1. The maximum Gasteiger partial charge on any atom is 0.257 e. The summed E-state index contributed by atoms with van der Waals surface area (Å²) in [6.07, 6.45) is 1.55. The number of rotatable bonds is 7. The molecule has 0 atom stereocenters. The molecule has 33 heavy (non-hydrogen) atoms. The van der Waals surface area contributed by atoms with Crippen LogP contribution in [0.2, 0.25) is 0 Å². The number of hydrogen-bond acceptors (Lipinski definition) is 6. The van der Waals surface area contributed by atoms with E-state index in [4.69, 9.17) is 9.47 Å². The zero-order valence-corrected chi connectivity index (χ0v) is 18.4. The number of aromatic nitrogens is 1. The first-order chi connectivity index (χ1) is 16.1. The van der Waals surface area contributed by atoms with Gasteiger partial charge in [-0.2, -0.15) is 0 Å². The van der Waals surface area contributed by atoms with Gasteiger partial charge in [0.15, 0.2) is 0 Å². The molecule has 2 amide bonds. The van der Waals surface area contributed by atoms with Crippen molar-refractivity contribution in [3.8, 4) is 17.0 Å². The summed E-state index contributed by atoms with van der Waals surface area (Å²) in [4.78, 5) is 31.7. The fourth-order valence-corrected chi connectivity index (χ4v) is 3.55. The molecule has 4 rings (SSSR count). The van der Waals surface area contributed by atoms with E-state index in [1.54, 1.807) is 30.5 Å². The van der Waals surface area contributed by atoms with Gasteiger partial charge in [-0.15, -0.1) is 0 Å². The molecule has 2 aromatic carbocycles. The predicted octanol–water partition coefficient (Wildman–Crippen LogP) is 3.28. The van der Waals surface area contributed by atoms with Crippen molar-refractivity contribution < 1.29 is 19.1 Å². The Bertz CT molecular complexity index is 1100. The summed E-state index contributed by atoms with van der Waals surface area (Å²) in [6.45, 7) is 2.95. The van der Waals surface area contributed by atoms with E-state index in [9.17, 15) is 9.59 Å². The highest BCUT2D eigenvalue weighted by Gasteiger charge is 2.16. The summed E-state index contributed by atoms with van der Waals surface area (Å²) in [6, 6.07) is 18.4. The second kappa shape index (κ2) is 10.7. The van der Waals surface area contributed by atoms with E-state index in [-0.39, 0.29) is 18.4 Å². The normalized spacial score (nSPS) is 13.8. The van der Waals surface area contributed by atoms with Crippen LogP contribution in [-0.2, 0) is 9.53 Å². The number of hydrogen-bond donors (Lipinski definition) is 2. The fourth-order valence-electron chi connectivity index (χ4n) is 3.55. The molecule has 3 aromatic rings. The molecule has 2 N–H and O–H groups in total. The summed E-state index contributed by atoms with van der Waals surface area (Å²) >= 11 is 0. The molecule has 8 heteroatoms. The van der Waals surface area contributed by atoms with E-state index >= 15 is 0 Å². The Balaban J connectivity index is 1.42. The van der Waals surface area contributed by atoms with Crippen molar-refractivity contribution >= 4 is 23.2 Å². The largest absolute Gasteiger partial charge is 0.495 e. The lowest BCUT2D eigenvalue weighted by molar-refractivity contribution is -0.118. The van der Waals surface area contributed by atoms with Crippen molar-refractivity contribution in [2.75, 3.05) is 50.6 Å². The third-order valence-corrected chi connectivity index (χ3v) is 5.30. The lowest BCUT2D eigenvalue weighted by Gasteiger charge is -2.26. The number of carbonyl (C=O) groups is 2. The van der Waals surface area contributed by atoms with Gasteiger partial charge in [-0.25, -0.2) is 0 Å². The molecule has 0 radical (unpaired) electrons. The number of benzene rings is 2. The third kappa shape index (κ3) is 5.94. The van der Waals surface area contributed by atoms with Crippen LogP contribution in [0.5, 0.6) is 5.75 Å². The smallest absolute Gasteiger partial charge is 0.257 e. The van der Waals surface area contributed by atoms with E-state index in [2.05, 4.69) is 15.6 Å². The van der Waals surface area contributed by atoms with Crippen LogP contribution in [0.15, 0.2) is 66.9 Å². The van der Waals surface area contributed by atoms with Gasteiger partial charge in [-0.1, -0.05) is 30.3 Å². The van der Waals surface area contributed by atoms with Crippen LogP contribution in [0, 0.1) is 0 Å². The van der Waals surface area contributed by atoms with Crippen LogP contribution in [0.1, 0.15) is 10.4 Å². The number of morpholine rings is 1. The maximum absolute atomic E-state index is 12.7. The number of carbonyl (C=O) groups excluding carboxylic acids is 2. The minimum Gasteiger partial charge on any atom is -0.495 e. The Hall–Kier alpha value is -3.75. The molecule has 1 aromatic heterocycles. The highest BCUT2D eigenvalue weighted by atomic mass is 16.5. The Morgan fingerprint density at radius 1 is 1.03 bits per heavy atom. The highest BCUT2D eigenvalue weighted by Crippen LogP contribution is 2.28. The minimum absolute atomic E-state index is 0.153. The summed E-state index contributed by atoms with van der Waals surface area (Å²) in [7, 11) is 1.53. The molecular weight excluding hydrogens is 420 g/mol. The molecular formula is C25H26N4O4. The molecule has 2 heterocycles. The molecule has 0 unspecified atom stereocenters. The summed E-state index contributed by atoms with van der Waals surface area (Å²) < 4.78 is 10.7. The summed E-state index contributed by atoms with van der Waals surface area (Å²) in [5.41, 5.74) is 3.24. The number of methoxy groups -OCH3 is 1. The molecule has 1 fully saturated rings. The number of pyridine rings is 1. The van der Waals surface area contributed by atoms with Crippen molar-refractivity contribution in [2.24, 2.45) is 0 Å². The van der Waals surface area contributed by atoms with Crippen LogP contribution in [-0.4, -0.2) is 61.7 Å².